The Balaban J connectivity index is 1.41. The number of nitrogens with one attached hydrogen (secondary N) is 3. The van der Waals surface area contributed by atoms with Crippen LogP contribution in [-0.2, 0) is 6.42 Å². The van der Waals surface area contributed by atoms with Crippen LogP contribution < -0.4 is 20.1 Å². The van der Waals surface area contributed by atoms with Gasteiger partial charge in [-0.25, -0.2) is 4.39 Å². The molecule has 0 saturated carbocycles. The molecule has 148 valence electrons. The normalized spacial score (nSPS) is 11.5. The lowest BCUT2D eigenvalue weighted by molar-refractivity contribution is 0.319. The third-order valence-corrected chi connectivity index (χ3v) is 4.34. The molecule has 7 heteroatoms. The van der Waals surface area contributed by atoms with Gasteiger partial charge in [-0.1, -0.05) is 6.07 Å². The molecular weight excluding hydrogens is 359 g/mol. The highest BCUT2D eigenvalue weighted by molar-refractivity contribution is 5.83. The third-order valence-electron chi connectivity index (χ3n) is 4.34. The highest BCUT2D eigenvalue weighted by Gasteiger charge is 2.05. The molecule has 0 bridgehead atoms. The first-order valence-corrected chi connectivity index (χ1v) is 9.16. The van der Waals surface area contributed by atoms with Crippen molar-refractivity contribution in [2.24, 2.45) is 4.99 Å². The molecule has 3 N–H and O–H groups in total. The van der Waals surface area contributed by atoms with Crippen molar-refractivity contribution in [2.75, 3.05) is 33.9 Å². The first-order valence-electron chi connectivity index (χ1n) is 9.16. The number of aromatic amines is 1. The van der Waals surface area contributed by atoms with Gasteiger partial charge in [0.15, 0.2) is 5.96 Å². The van der Waals surface area contributed by atoms with Gasteiger partial charge in [0.25, 0.3) is 0 Å². The van der Waals surface area contributed by atoms with Gasteiger partial charge in [0.1, 0.15) is 23.9 Å². The van der Waals surface area contributed by atoms with E-state index >= 15 is 0 Å². The Morgan fingerprint density at radius 3 is 2.75 bits per heavy atom. The smallest absolute Gasteiger partial charge is 0.191 e. The Bertz CT molecular complexity index is 939. The number of methoxy groups -OCH3 is 1. The highest BCUT2D eigenvalue weighted by atomic mass is 19.1. The monoisotopic (exact) mass is 384 g/mol. The van der Waals surface area contributed by atoms with Crippen molar-refractivity contribution in [1.82, 2.24) is 15.6 Å². The molecule has 0 aliphatic heterocycles. The topological polar surface area (TPSA) is 70.7 Å². The lowest BCUT2D eigenvalue weighted by atomic mass is 10.1. The summed E-state index contributed by atoms with van der Waals surface area (Å²) >= 11 is 0. The average Bonchev–Trinajstić information content (AvgIpc) is 3.12. The fourth-order valence-electron chi connectivity index (χ4n) is 2.92. The van der Waals surface area contributed by atoms with E-state index in [0.717, 1.165) is 34.4 Å². The Kier molecular flexibility index (Phi) is 6.73. The minimum Gasteiger partial charge on any atom is -0.497 e. The zero-order valence-electron chi connectivity index (χ0n) is 16.1. The van der Waals surface area contributed by atoms with Gasteiger partial charge in [0.05, 0.1) is 13.7 Å². The molecular formula is C21H25FN4O2. The van der Waals surface area contributed by atoms with Crippen molar-refractivity contribution in [3.63, 3.8) is 0 Å². The van der Waals surface area contributed by atoms with Crippen LogP contribution in [0.3, 0.4) is 0 Å². The molecule has 0 aliphatic carbocycles. The molecule has 1 heterocycles. The number of rotatable bonds is 8. The van der Waals surface area contributed by atoms with Crippen molar-refractivity contribution < 1.29 is 13.9 Å². The molecule has 0 radical (unpaired) electrons. The van der Waals surface area contributed by atoms with Crippen molar-refractivity contribution in [3.05, 3.63) is 60.0 Å². The second kappa shape index (κ2) is 9.64. The number of hydrogen-bond acceptors (Lipinski definition) is 3. The molecule has 0 unspecified atom stereocenters. The lowest BCUT2D eigenvalue weighted by Gasteiger charge is -2.12. The van der Waals surface area contributed by atoms with Crippen molar-refractivity contribution in [1.29, 1.82) is 0 Å². The number of aliphatic imine (C=N–C) groups is 1. The predicted molar refractivity (Wildman–Crippen MR) is 110 cm³/mol. The number of benzene rings is 2. The molecule has 1 aromatic heterocycles. The number of fused-ring (bicyclic) bond motifs is 1. The van der Waals surface area contributed by atoms with E-state index in [1.54, 1.807) is 26.3 Å². The molecule has 28 heavy (non-hydrogen) atoms. The summed E-state index contributed by atoms with van der Waals surface area (Å²) < 4.78 is 24.3. The van der Waals surface area contributed by atoms with Gasteiger partial charge in [-0.2, -0.15) is 0 Å². The maximum Gasteiger partial charge on any atom is 0.191 e. The molecule has 0 fully saturated rings. The summed E-state index contributed by atoms with van der Waals surface area (Å²) in [5.74, 6) is 1.99. The minimum absolute atomic E-state index is 0.227. The summed E-state index contributed by atoms with van der Waals surface area (Å²) in [6.07, 6.45) is 2.68. The Hall–Kier alpha value is -3.22. The van der Waals surface area contributed by atoms with Crippen LogP contribution in [0.1, 0.15) is 5.56 Å². The summed E-state index contributed by atoms with van der Waals surface area (Å²) in [6.45, 7) is 1.78. The quantitative estimate of drug-likeness (QED) is 0.317. The number of halogens is 1. The SMILES string of the molecule is CN=C(NCCOc1cccc(OC)c1)NCCc1c[nH]c2ccc(F)cc12. The predicted octanol–water partition coefficient (Wildman–Crippen LogP) is 3.10. The van der Waals surface area contributed by atoms with Crippen LogP contribution in [0.5, 0.6) is 11.5 Å². The van der Waals surface area contributed by atoms with Crippen LogP contribution in [0.25, 0.3) is 10.9 Å². The summed E-state index contributed by atoms with van der Waals surface area (Å²) in [6, 6.07) is 12.3. The van der Waals surface area contributed by atoms with Crippen LogP contribution in [0.4, 0.5) is 4.39 Å². The number of ether oxygens (including phenoxy) is 2. The van der Waals surface area contributed by atoms with E-state index in [0.29, 0.717) is 25.7 Å². The fraction of sp³-hybridized carbons (Fsp3) is 0.286. The summed E-state index contributed by atoms with van der Waals surface area (Å²) in [7, 11) is 3.35. The van der Waals surface area contributed by atoms with Gasteiger partial charge >= 0.3 is 0 Å². The molecule has 0 aliphatic rings. The summed E-state index contributed by atoms with van der Waals surface area (Å²) in [5, 5.41) is 7.38. The molecule has 0 spiro atoms. The molecule has 0 amide bonds. The molecule has 6 nitrogen and oxygen atoms in total. The summed E-state index contributed by atoms with van der Waals surface area (Å²) in [5.41, 5.74) is 2.01. The Morgan fingerprint density at radius 1 is 1.11 bits per heavy atom. The maximum absolute atomic E-state index is 13.5. The van der Waals surface area contributed by atoms with Crippen LogP contribution >= 0.6 is 0 Å². The second-order valence-corrected chi connectivity index (χ2v) is 6.21. The zero-order chi connectivity index (χ0) is 19.8. The van der Waals surface area contributed by atoms with Crippen LogP contribution in [0, 0.1) is 5.82 Å². The van der Waals surface area contributed by atoms with Gasteiger partial charge in [0, 0.05) is 36.8 Å². The number of guanidine groups is 1. The second-order valence-electron chi connectivity index (χ2n) is 6.21. The van der Waals surface area contributed by atoms with Gasteiger partial charge in [0.2, 0.25) is 0 Å². The van der Waals surface area contributed by atoms with Gasteiger partial charge in [-0.05, 0) is 42.3 Å². The standard InChI is InChI=1S/C21H25FN4O2/c1-23-21(25-10-11-28-18-5-3-4-17(13-18)27-2)24-9-8-15-14-26-20-7-6-16(22)12-19(15)20/h3-7,12-14,26H,8-11H2,1-2H3,(H2,23,24,25). The molecule has 3 rings (SSSR count). The van der Waals surface area contributed by atoms with Gasteiger partial charge in [-0.3, -0.25) is 4.99 Å². The number of nitrogens with zero attached hydrogens (tertiary/aromatic N) is 1. The average molecular weight is 384 g/mol. The number of H-pyrrole nitrogens is 1. The number of hydrogen-bond donors (Lipinski definition) is 3. The first kappa shape index (κ1) is 19.5. The van der Waals surface area contributed by atoms with E-state index in [9.17, 15) is 4.39 Å². The summed E-state index contributed by atoms with van der Waals surface area (Å²) in [4.78, 5) is 7.37. The van der Waals surface area contributed by atoms with Crippen molar-refractivity contribution >= 4 is 16.9 Å². The van der Waals surface area contributed by atoms with Crippen molar-refractivity contribution in [2.45, 2.75) is 6.42 Å². The molecule has 3 aromatic rings. The minimum atomic E-state index is -0.227. The molecule has 0 atom stereocenters. The van der Waals surface area contributed by atoms with E-state index in [-0.39, 0.29) is 5.82 Å². The van der Waals surface area contributed by atoms with E-state index in [1.165, 1.54) is 6.07 Å². The van der Waals surface area contributed by atoms with E-state index in [2.05, 4.69) is 20.6 Å². The van der Waals surface area contributed by atoms with Crippen LogP contribution in [0.2, 0.25) is 0 Å². The first-order chi connectivity index (χ1) is 13.7. The number of aromatic nitrogens is 1. The fourth-order valence-corrected chi connectivity index (χ4v) is 2.92. The van der Waals surface area contributed by atoms with Gasteiger partial charge < -0.3 is 25.1 Å². The lowest BCUT2D eigenvalue weighted by Crippen LogP contribution is -2.40. The largest absolute Gasteiger partial charge is 0.497 e. The van der Waals surface area contributed by atoms with Gasteiger partial charge in [-0.15, -0.1) is 0 Å². The molecule has 2 aromatic carbocycles. The van der Waals surface area contributed by atoms with Crippen molar-refractivity contribution in [3.8, 4) is 11.5 Å². The zero-order valence-corrected chi connectivity index (χ0v) is 16.1. The third kappa shape index (κ3) is 5.16. The molecule has 0 saturated heterocycles. The van der Waals surface area contributed by atoms with E-state index in [4.69, 9.17) is 9.47 Å². The maximum atomic E-state index is 13.5. The van der Waals surface area contributed by atoms with Crippen LogP contribution in [0.15, 0.2) is 53.7 Å². The van der Waals surface area contributed by atoms with E-state index in [1.807, 2.05) is 30.5 Å². The Morgan fingerprint density at radius 2 is 1.93 bits per heavy atom. The highest BCUT2D eigenvalue weighted by Crippen LogP contribution is 2.20. The Labute approximate surface area is 163 Å². The van der Waals surface area contributed by atoms with Crippen LogP contribution in [-0.4, -0.2) is 44.8 Å². The van der Waals surface area contributed by atoms with E-state index < -0.39 is 0 Å².